The molecule has 1 aliphatic carbocycles. The summed E-state index contributed by atoms with van der Waals surface area (Å²) in [6.07, 6.45) is 0.207. The Balaban J connectivity index is 1.51. The average Bonchev–Trinajstić information content (AvgIpc) is 3.11. The highest BCUT2D eigenvalue weighted by Gasteiger charge is 2.34. The van der Waals surface area contributed by atoms with Crippen molar-refractivity contribution in [2.24, 2.45) is 5.73 Å². The number of carbonyl (C=O) groups is 2. The van der Waals surface area contributed by atoms with Gasteiger partial charge in [0.25, 0.3) is 0 Å². The van der Waals surface area contributed by atoms with E-state index in [1.165, 1.54) is 0 Å². The number of nitrogens with two attached hydrogens (primary N) is 1. The zero-order chi connectivity index (χ0) is 21.1. The molecule has 3 N–H and O–H groups in total. The van der Waals surface area contributed by atoms with Crippen LogP contribution in [0.2, 0.25) is 0 Å². The maximum absolute atomic E-state index is 13.2. The fourth-order valence-corrected chi connectivity index (χ4v) is 5.04. The Morgan fingerprint density at radius 2 is 1.40 bits per heavy atom. The van der Waals surface area contributed by atoms with Gasteiger partial charge < -0.3 is 11.1 Å². The van der Waals surface area contributed by atoms with Crippen LogP contribution in [0.15, 0.2) is 83.8 Å². The summed E-state index contributed by atoms with van der Waals surface area (Å²) in [5, 5.41) is 2.80. The molecule has 0 saturated heterocycles. The number of fused-ring (bicyclic) bond motifs is 3. The molecule has 0 aliphatic heterocycles. The van der Waals surface area contributed by atoms with Gasteiger partial charge in [0.2, 0.25) is 11.8 Å². The molecule has 0 bridgehead atoms. The van der Waals surface area contributed by atoms with Crippen LogP contribution in [0.1, 0.15) is 23.5 Å². The molecular weight excluding hydrogens is 396 g/mol. The first-order chi connectivity index (χ1) is 14.6. The first-order valence-corrected chi connectivity index (χ1v) is 11.1. The van der Waals surface area contributed by atoms with Crippen molar-refractivity contribution >= 4 is 22.6 Å². The Morgan fingerprint density at radius 3 is 1.97 bits per heavy atom. The lowest BCUT2D eigenvalue weighted by molar-refractivity contribution is -0.127. The molecule has 0 heterocycles. The van der Waals surface area contributed by atoms with E-state index in [2.05, 4.69) is 5.32 Å². The van der Waals surface area contributed by atoms with Crippen LogP contribution in [0.3, 0.4) is 0 Å². The minimum atomic E-state index is -1.27. The van der Waals surface area contributed by atoms with Crippen LogP contribution in [0.4, 0.5) is 0 Å². The van der Waals surface area contributed by atoms with Gasteiger partial charge in [0.1, 0.15) is 6.04 Å². The van der Waals surface area contributed by atoms with Gasteiger partial charge in [-0.25, -0.2) is 0 Å². The second-order valence-corrected chi connectivity index (χ2v) is 8.79. The fourth-order valence-electron chi connectivity index (χ4n) is 3.89. The van der Waals surface area contributed by atoms with Crippen molar-refractivity contribution in [1.29, 1.82) is 0 Å². The molecule has 2 atom stereocenters. The summed E-state index contributed by atoms with van der Waals surface area (Å²) in [7, 11) is -1.27. The summed E-state index contributed by atoms with van der Waals surface area (Å²) in [5.74, 6) is -1.18. The summed E-state index contributed by atoms with van der Waals surface area (Å²) in [6.45, 7) is 0. The molecule has 3 aromatic carbocycles. The third-order valence-electron chi connectivity index (χ3n) is 5.35. The summed E-state index contributed by atoms with van der Waals surface area (Å²) in [4.78, 5) is 25.9. The summed E-state index contributed by atoms with van der Waals surface area (Å²) in [5.41, 5.74) is 9.41. The fraction of sp³-hybridized carbons (Fsp3) is 0.167. The van der Waals surface area contributed by atoms with Gasteiger partial charge in [-0.1, -0.05) is 66.7 Å². The highest BCUT2D eigenvalue weighted by Crippen LogP contribution is 2.44. The van der Waals surface area contributed by atoms with E-state index in [0.29, 0.717) is 4.90 Å². The Hall–Kier alpha value is -3.25. The van der Waals surface area contributed by atoms with E-state index in [1.807, 2.05) is 66.7 Å². The van der Waals surface area contributed by atoms with Crippen molar-refractivity contribution in [3.05, 3.63) is 90.0 Å². The number of hydrogen-bond acceptors (Lipinski definition) is 3. The van der Waals surface area contributed by atoms with E-state index in [9.17, 15) is 13.8 Å². The van der Waals surface area contributed by atoms with Gasteiger partial charge in [-0.05, 0) is 40.8 Å². The molecule has 5 nitrogen and oxygen atoms in total. The topological polar surface area (TPSA) is 89.3 Å². The van der Waals surface area contributed by atoms with Crippen molar-refractivity contribution in [3.63, 3.8) is 0 Å². The molecule has 0 unspecified atom stereocenters. The predicted molar refractivity (Wildman–Crippen MR) is 117 cm³/mol. The summed E-state index contributed by atoms with van der Waals surface area (Å²) >= 11 is 0. The highest BCUT2D eigenvalue weighted by atomic mass is 32.2. The molecule has 30 heavy (non-hydrogen) atoms. The predicted octanol–water partition coefficient (Wildman–Crippen LogP) is 2.97. The number of rotatable bonds is 7. The van der Waals surface area contributed by atoms with Crippen molar-refractivity contribution in [3.8, 4) is 11.1 Å². The van der Waals surface area contributed by atoms with Crippen LogP contribution in [0.5, 0.6) is 0 Å². The van der Waals surface area contributed by atoms with Gasteiger partial charge in [-0.3, -0.25) is 13.8 Å². The molecule has 2 amide bonds. The zero-order valence-corrected chi connectivity index (χ0v) is 17.1. The number of benzene rings is 3. The maximum atomic E-state index is 13.2. The van der Waals surface area contributed by atoms with Gasteiger partial charge in [0.05, 0.1) is 16.7 Å². The third kappa shape index (κ3) is 3.91. The minimum Gasteiger partial charge on any atom is -0.368 e. The second-order valence-electron chi connectivity index (χ2n) is 7.22. The van der Waals surface area contributed by atoms with E-state index < -0.39 is 28.7 Å². The molecule has 1 aliphatic rings. The van der Waals surface area contributed by atoms with Gasteiger partial charge in [-0.15, -0.1) is 0 Å². The van der Waals surface area contributed by atoms with Crippen molar-refractivity contribution in [2.75, 3.05) is 5.75 Å². The first-order valence-electron chi connectivity index (χ1n) is 9.77. The van der Waals surface area contributed by atoms with Crippen LogP contribution >= 0.6 is 0 Å². The van der Waals surface area contributed by atoms with E-state index in [1.54, 1.807) is 12.1 Å². The molecule has 0 spiro atoms. The zero-order valence-electron chi connectivity index (χ0n) is 16.3. The monoisotopic (exact) mass is 418 g/mol. The molecule has 6 heteroatoms. The number of primary amides is 1. The van der Waals surface area contributed by atoms with Gasteiger partial charge in [0, 0.05) is 10.6 Å². The SMILES string of the molecule is NC(=O)[C@@H](CC[S@@](=O)c1ccccc1)NC(=O)C1c2ccccc2-c2ccccc21. The lowest BCUT2D eigenvalue weighted by Gasteiger charge is -2.19. The van der Waals surface area contributed by atoms with Crippen molar-refractivity contribution in [2.45, 2.75) is 23.3 Å². The van der Waals surface area contributed by atoms with Crippen molar-refractivity contribution in [1.82, 2.24) is 5.32 Å². The van der Waals surface area contributed by atoms with Crippen LogP contribution in [0.25, 0.3) is 11.1 Å². The van der Waals surface area contributed by atoms with Crippen LogP contribution in [-0.2, 0) is 20.4 Å². The largest absolute Gasteiger partial charge is 0.368 e. The molecule has 152 valence electrons. The van der Waals surface area contributed by atoms with Gasteiger partial charge in [0.15, 0.2) is 0 Å². The lowest BCUT2D eigenvalue weighted by atomic mass is 9.95. The van der Waals surface area contributed by atoms with Crippen LogP contribution in [0, 0.1) is 0 Å². The highest BCUT2D eigenvalue weighted by molar-refractivity contribution is 7.85. The standard InChI is InChI=1S/C24H22N2O3S/c25-23(27)21(14-15-30(29)16-8-2-1-3-9-16)26-24(28)22-19-12-6-4-10-17(19)18-11-5-7-13-20(18)22/h1-13,21-22H,14-15H2,(H2,25,27)(H,26,28)/t21-,30-/m1/s1. The summed E-state index contributed by atoms with van der Waals surface area (Å²) < 4.78 is 12.5. The number of hydrogen-bond donors (Lipinski definition) is 2. The molecule has 3 aromatic rings. The van der Waals surface area contributed by atoms with E-state index >= 15 is 0 Å². The Morgan fingerprint density at radius 1 is 0.867 bits per heavy atom. The minimum absolute atomic E-state index is 0.207. The van der Waals surface area contributed by atoms with Crippen LogP contribution in [-0.4, -0.2) is 27.8 Å². The Kier molecular flexibility index (Phi) is 5.77. The van der Waals surface area contributed by atoms with E-state index in [4.69, 9.17) is 5.73 Å². The van der Waals surface area contributed by atoms with E-state index in [0.717, 1.165) is 22.3 Å². The third-order valence-corrected chi connectivity index (χ3v) is 6.76. The first kappa shape index (κ1) is 20.0. The molecule has 0 saturated carbocycles. The number of carbonyl (C=O) groups excluding carboxylic acids is 2. The normalized spacial score (nSPS) is 14.4. The number of nitrogens with one attached hydrogen (secondary N) is 1. The maximum Gasteiger partial charge on any atom is 0.240 e. The average molecular weight is 419 g/mol. The van der Waals surface area contributed by atoms with E-state index in [-0.39, 0.29) is 18.1 Å². The second kappa shape index (κ2) is 8.63. The van der Waals surface area contributed by atoms with Gasteiger partial charge in [-0.2, -0.15) is 0 Å². The number of amides is 2. The Labute approximate surface area is 177 Å². The quantitative estimate of drug-likeness (QED) is 0.618. The smallest absolute Gasteiger partial charge is 0.240 e. The van der Waals surface area contributed by atoms with Gasteiger partial charge >= 0.3 is 0 Å². The molecule has 0 aromatic heterocycles. The lowest BCUT2D eigenvalue weighted by Crippen LogP contribution is -2.46. The molecule has 0 fully saturated rings. The Bertz CT molecular complexity index is 1070. The molecule has 0 radical (unpaired) electrons. The summed E-state index contributed by atoms with van der Waals surface area (Å²) in [6, 6.07) is 23.7. The van der Waals surface area contributed by atoms with Crippen molar-refractivity contribution < 1.29 is 13.8 Å². The molecular formula is C24H22N2O3S. The molecule has 4 rings (SSSR count). The van der Waals surface area contributed by atoms with Crippen LogP contribution < -0.4 is 11.1 Å².